The molecule has 3 nitrogen and oxygen atoms in total. The van der Waals surface area contributed by atoms with Crippen molar-refractivity contribution in [2.75, 3.05) is 7.11 Å². The van der Waals surface area contributed by atoms with Gasteiger partial charge in [0.15, 0.2) is 0 Å². The molecule has 0 aromatic carbocycles. The van der Waals surface area contributed by atoms with Gasteiger partial charge in [-0.2, -0.15) is 0 Å². The highest BCUT2D eigenvalue weighted by Crippen LogP contribution is 2.34. The van der Waals surface area contributed by atoms with Gasteiger partial charge in [0.2, 0.25) is 0 Å². The molecule has 2 atom stereocenters. The van der Waals surface area contributed by atoms with Gasteiger partial charge in [-0.25, -0.2) is 0 Å². The predicted octanol–water partition coefficient (Wildman–Crippen LogP) is 2.11. The number of Topliss-reactive ketones (excluding diaryl/α,β-unsaturated/α-hetero) is 1. The lowest BCUT2D eigenvalue weighted by molar-refractivity contribution is -0.142. The molecule has 0 N–H and O–H groups in total. The molecule has 0 heterocycles. The molecule has 1 saturated carbocycles. The zero-order valence-corrected chi connectivity index (χ0v) is 9.36. The second-order valence-corrected chi connectivity index (χ2v) is 4.05. The van der Waals surface area contributed by atoms with Crippen molar-refractivity contribution in [3.05, 3.63) is 12.2 Å². The number of ether oxygens (including phenoxy) is 1. The number of methoxy groups -OCH3 is 1. The monoisotopic (exact) mass is 210 g/mol. The Morgan fingerprint density at radius 3 is 2.73 bits per heavy atom. The van der Waals surface area contributed by atoms with Gasteiger partial charge in [-0.1, -0.05) is 12.2 Å². The number of esters is 1. The average molecular weight is 210 g/mol. The first-order valence-corrected chi connectivity index (χ1v) is 5.37. The second kappa shape index (κ2) is 5.69. The summed E-state index contributed by atoms with van der Waals surface area (Å²) >= 11 is 0. The van der Waals surface area contributed by atoms with E-state index in [1.807, 2.05) is 13.0 Å². The molecule has 0 saturated heterocycles. The average Bonchev–Trinajstić information content (AvgIpc) is 2.55. The summed E-state index contributed by atoms with van der Waals surface area (Å²) in [5.41, 5.74) is 0. The maximum Gasteiger partial charge on any atom is 0.305 e. The van der Waals surface area contributed by atoms with Gasteiger partial charge in [-0.3, -0.25) is 9.59 Å². The van der Waals surface area contributed by atoms with Crippen molar-refractivity contribution in [3.63, 3.8) is 0 Å². The second-order valence-electron chi connectivity index (χ2n) is 4.05. The van der Waals surface area contributed by atoms with E-state index >= 15 is 0 Å². The van der Waals surface area contributed by atoms with Crippen molar-refractivity contribution >= 4 is 11.8 Å². The number of hydrogen-bond donors (Lipinski definition) is 0. The Bertz CT molecular complexity index is 268. The summed E-state index contributed by atoms with van der Waals surface area (Å²) in [4.78, 5) is 22.5. The smallest absolute Gasteiger partial charge is 0.305 e. The molecule has 0 amide bonds. The van der Waals surface area contributed by atoms with Crippen LogP contribution in [0.1, 0.15) is 32.6 Å². The number of carbonyl (C=O) groups is 2. The molecular weight excluding hydrogens is 192 g/mol. The lowest BCUT2D eigenvalue weighted by atomic mass is 9.90. The molecule has 1 aliphatic rings. The zero-order chi connectivity index (χ0) is 11.3. The molecule has 0 spiro atoms. The Kier molecular flexibility index (Phi) is 4.53. The standard InChI is InChI=1S/C12H18O3/c1-3-4-5-9-6-11(13)7-10(9)8-12(14)15-2/h3-4,9-10H,5-8H2,1-2H3/b4-3-/t9-,10-/m0/s1. The highest BCUT2D eigenvalue weighted by Gasteiger charge is 2.33. The van der Waals surface area contributed by atoms with Gasteiger partial charge in [-0.05, 0) is 25.2 Å². The fourth-order valence-electron chi connectivity index (χ4n) is 2.12. The number of carbonyl (C=O) groups excluding carboxylic acids is 2. The summed E-state index contributed by atoms with van der Waals surface area (Å²) in [6.45, 7) is 1.96. The van der Waals surface area contributed by atoms with Crippen LogP contribution in [0.3, 0.4) is 0 Å². The van der Waals surface area contributed by atoms with E-state index in [9.17, 15) is 9.59 Å². The van der Waals surface area contributed by atoms with Crippen molar-refractivity contribution in [2.45, 2.75) is 32.6 Å². The summed E-state index contributed by atoms with van der Waals surface area (Å²) in [5.74, 6) is 0.576. The van der Waals surface area contributed by atoms with Crippen LogP contribution in [0.2, 0.25) is 0 Å². The fourth-order valence-corrected chi connectivity index (χ4v) is 2.12. The lowest BCUT2D eigenvalue weighted by Crippen LogP contribution is -2.13. The van der Waals surface area contributed by atoms with Crippen molar-refractivity contribution in [2.24, 2.45) is 11.8 Å². The number of allylic oxidation sites excluding steroid dienone is 2. The summed E-state index contributed by atoms with van der Waals surface area (Å²) in [6, 6.07) is 0. The summed E-state index contributed by atoms with van der Waals surface area (Å²) in [6.07, 6.45) is 6.48. The molecule has 84 valence electrons. The van der Waals surface area contributed by atoms with Gasteiger partial charge in [0.25, 0.3) is 0 Å². The third kappa shape index (κ3) is 3.50. The van der Waals surface area contributed by atoms with Crippen LogP contribution in [0.15, 0.2) is 12.2 Å². The van der Waals surface area contributed by atoms with Crippen LogP contribution < -0.4 is 0 Å². The molecule has 15 heavy (non-hydrogen) atoms. The predicted molar refractivity (Wildman–Crippen MR) is 57.3 cm³/mol. The largest absolute Gasteiger partial charge is 0.469 e. The van der Waals surface area contributed by atoms with Crippen molar-refractivity contribution in [3.8, 4) is 0 Å². The van der Waals surface area contributed by atoms with E-state index in [0.29, 0.717) is 25.2 Å². The third-order valence-corrected chi connectivity index (χ3v) is 2.98. The molecule has 1 aliphatic carbocycles. The van der Waals surface area contributed by atoms with Crippen LogP contribution in [0.25, 0.3) is 0 Å². The van der Waals surface area contributed by atoms with Crippen LogP contribution in [0, 0.1) is 11.8 Å². The maximum atomic E-state index is 11.3. The first-order chi connectivity index (χ1) is 7.17. The minimum Gasteiger partial charge on any atom is -0.469 e. The minimum absolute atomic E-state index is 0.182. The Morgan fingerprint density at radius 1 is 1.47 bits per heavy atom. The highest BCUT2D eigenvalue weighted by molar-refractivity contribution is 5.82. The number of hydrogen-bond acceptors (Lipinski definition) is 3. The minimum atomic E-state index is -0.208. The Morgan fingerprint density at radius 2 is 2.13 bits per heavy atom. The first-order valence-electron chi connectivity index (χ1n) is 5.37. The molecule has 0 unspecified atom stereocenters. The number of rotatable bonds is 4. The SMILES string of the molecule is C/C=C\C[C@H]1CC(=O)C[C@H]1CC(=O)OC. The van der Waals surface area contributed by atoms with E-state index in [1.54, 1.807) is 0 Å². The van der Waals surface area contributed by atoms with Crippen molar-refractivity contribution in [1.82, 2.24) is 0 Å². The summed E-state index contributed by atoms with van der Waals surface area (Å²) in [5, 5.41) is 0. The van der Waals surface area contributed by atoms with Gasteiger partial charge < -0.3 is 4.74 Å². The lowest BCUT2D eigenvalue weighted by Gasteiger charge is -2.15. The summed E-state index contributed by atoms with van der Waals surface area (Å²) < 4.78 is 4.63. The van der Waals surface area contributed by atoms with E-state index in [2.05, 4.69) is 10.8 Å². The molecule has 0 aromatic rings. The molecule has 1 fully saturated rings. The van der Waals surface area contributed by atoms with E-state index in [-0.39, 0.29) is 17.7 Å². The van der Waals surface area contributed by atoms with Gasteiger partial charge in [0.1, 0.15) is 5.78 Å². The molecule has 0 radical (unpaired) electrons. The van der Waals surface area contributed by atoms with Crippen LogP contribution in [0.4, 0.5) is 0 Å². The van der Waals surface area contributed by atoms with Gasteiger partial charge >= 0.3 is 5.97 Å². The molecule has 0 bridgehead atoms. The van der Waals surface area contributed by atoms with Crippen LogP contribution >= 0.6 is 0 Å². The molecule has 3 heteroatoms. The van der Waals surface area contributed by atoms with Crippen LogP contribution in [0.5, 0.6) is 0 Å². The van der Waals surface area contributed by atoms with Crippen molar-refractivity contribution in [1.29, 1.82) is 0 Å². The fraction of sp³-hybridized carbons (Fsp3) is 0.667. The highest BCUT2D eigenvalue weighted by atomic mass is 16.5. The first kappa shape index (κ1) is 12.0. The molecule has 1 rings (SSSR count). The Labute approximate surface area is 90.5 Å². The molecular formula is C12H18O3. The van der Waals surface area contributed by atoms with Crippen LogP contribution in [-0.2, 0) is 14.3 Å². The summed E-state index contributed by atoms with van der Waals surface area (Å²) in [7, 11) is 1.39. The van der Waals surface area contributed by atoms with E-state index in [1.165, 1.54) is 7.11 Å². The Balaban J connectivity index is 2.52. The maximum absolute atomic E-state index is 11.3. The molecule has 0 aromatic heterocycles. The third-order valence-electron chi connectivity index (χ3n) is 2.98. The van der Waals surface area contributed by atoms with Gasteiger partial charge in [0.05, 0.1) is 7.11 Å². The topological polar surface area (TPSA) is 43.4 Å². The van der Waals surface area contributed by atoms with E-state index in [4.69, 9.17) is 0 Å². The van der Waals surface area contributed by atoms with Gasteiger partial charge in [0, 0.05) is 19.3 Å². The van der Waals surface area contributed by atoms with E-state index in [0.717, 1.165) is 6.42 Å². The molecule has 0 aliphatic heterocycles. The normalized spacial score (nSPS) is 26.1. The van der Waals surface area contributed by atoms with Gasteiger partial charge in [-0.15, -0.1) is 0 Å². The Hall–Kier alpha value is -1.12. The quantitative estimate of drug-likeness (QED) is 0.527. The van der Waals surface area contributed by atoms with Crippen LogP contribution in [-0.4, -0.2) is 18.9 Å². The van der Waals surface area contributed by atoms with Crippen molar-refractivity contribution < 1.29 is 14.3 Å². The zero-order valence-electron chi connectivity index (χ0n) is 9.36. The number of ketones is 1. The van der Waals surface area contributed by atoms with E-state index < -0.39 is 0 Å².